The van der Waals surface area contributed by atoms with Gasteiger partial charge in [-0.15, -0.1) is 0 Å². The van der Waals surface area contributed by atoms with Gasteiger partial charge >= 0.3 is 6.18 Å². The predicted molar refractivity (Wildman–Crippen MR) is 59.9 cm³/mol. The highest BCUT2D eigenvalue weighted by Gasteiger charge is 2.31. The summed E-state index contributed by atoms with van der Waals surface area (Å²) in [4.78, 5) is 0. The normalized spacial score (nSPS) is 12.2. The quantitative estimate of drug-likeness (QED) is 0.617. The molecule has 0 saturated heterocycles. The van der Waals surface area contributed by atoms with Crippen LogP contribution >= 0.6 is 0 Å². The summed E-state index contributed by atoms with van der Waals surface area (Å²) in [5, 5.41) is 2.68. The monoisotopic (exact) mass is 301 g/mol. The van der Waals surface area contributed by atoms with Gasteiger partial charge in [-0.25, -0.2) is 13.2 Å². The lowest BCUT2D eigenvalue weighted by Gasteiger charge is -2.10. The van der Waals surface area contributed by atoms with Crippen molar-refractivity contribution >= 4 is 0 Å². The number of alkyl halides is 5. The number of benzene rings is 1. The molecule has 1 rings (SSSR count). The molecule has 1 aromatic carbocycles. The molecule has 2 nitrogen and oxygen atoms in total. The van der Waals surface area contributed by atoms with Crippen molar-refractivity contribution in [3.05, 3.63) is 35.1 Å². The molecule has 0 spiro atoms. The maximum Gasteiger partial charge on any atom is 0.416 e. The molecular formula is C12H13F6NO. The van der Waals surface area contributed by atoms with E-state index in [0.717, 1.165) is 12.1 Å². The van der Waals surface area contributed by atoms with E-state index in [-0.39, 0.29) is 25.3 Å². The standard InChI is InChI=1S/C12H13F6NO/c13-10-4-8(3-9(5-10)12(16,17)18)6-19-1-2-20-7-11(14)15/h3-5,11,19H,1-2,6-7H2. The van der Waals surface area contributed by atoms with Gasteiger partial charge in [-0.1, -0.05) is 0 Å². The Morgan fingerprint density at radius 2 is 1.85 bits per heavy atom. The number of halogens is 6. The van der Waals surface area contributed by atoms with E-state index in [9.17, 15) is 26.3 Å². The van der Waals surface area contributed by atoms with Crippen molar-refractivity contribution in [2.24, 2.45) is 0 Å². The number of ether oxygens (including phenoxy) is 1. The van der Waals surface area contributed by atoms with Crippen LogP contribution in [0.5, 0.6) is 0 Å². The van der Waals surface area contributed by atoms with Gasteiger partial charge in [-0.05, 0) is 23.8 Å². The summed E-state index contributed by atoms with van der Waals surface area (Å²) >= 11 is 0. The van der Waals surface area contributed by atoms with Crippen LogP contribution in [0.1, 0.15) is 11.1 Å². The molecule has 0 fully saturated rings. The topological polar surface area (TPSA) is 21.3 Å². The third-order valence-electron chi connectivity index (χ3n) is 2.28. The van der Waals surface area contributed by atoms with Crippen LogP contribution in [0.4, 0.5) is 26.3 Å². The summed E-state index contributed by atoms with van der Waals surface area (Å²) in [6.07, 6.45) is -7.18. The van der Waals surface area contributed by atoms with Gasteiger partial charge in [0.1, 0.15) is 12.4 Å². The van der Waals surface area contributed by atoms with Crippen molar-refractivity contribution in [3.63, 3.8) is 0 Å². The first-order chi connectivity index (χ1) is 9.29. The van der Waals surface area contributed by atoms with Gasteiger partial charge in [-0.2, -0.15) is 13.2 Å². The van der Waals surface area contributed by atoms with Crippen molar-refractivity contribution in [3.8, 4) is 0 Å². The molecule has 20 heavy (non-hydrogen) atoms. The molecule has 1 N–H and O–H groups in total. The Kier molecular flexibility index (Phi) is 6.28. The van der Waals surface area contributed by atoms with E-state index >= 15 is 0 Å². The zero-order chi connectivity index (χ0) is 15.2. The van der Waals surface area contributed by atoms with E-state index in [1.807, 2.05) is 0 Å². The van der Waals surface area contributed by atoms with Crippen molar-refractivity contribution in [1.82, 2.24) is 5.32 Å². The second-order valence-electron chi connectivity index (χ2n) is 3.99. The number of rotatable bonds is 7. The summed E-state index contributed by atoms with van der Waals surface area (Å²) in [5.41, 5.74) is -0.950. The SMILES string of the molecule is Fc1cc(CNCCOCC(F)F)cc(C(F)(F)F)c1. The zero-order valence-electron chi connectivity index (χ0n) is 10.3. The van der Waals surface area contributed by atoms with E-state index in [4.69, 9.17) is 0 Å². The van der Waals surface area contributed by atoms with Gasteiger partial charge in [-0.3, -0.25) is 0 Å². The van der Waals surface area contributed by atoms with E-state index in [1.165, 1.54) is 0 Å². The van der Waals surface area contributed by atoms with Crippen LogP contribution in [-0.2, 0) is 17.5 Å². The zero-order valence-corrected chi connectivity index (χ0v) is 10.3. The van der Waals surface area contributed by atoms with Crippen LogP contribution in [0.2, 0.25) is 0 Å². The molecule has 0 atom stereocenters. The van der Waals surface area contributed by atoms with E-state index < -0.39 is 30.6 Å². The first-order valence-electron chi connectivity index (χ1n) is 5.72. The minimum absolute atomic E-state index is 0.00815. The summed E-state index contributed by atoms with van der Waals surface area (Å²) in [7, 11) is 0. The third-order valence-corrected chi connectivity index (χ3v) is 2.28. The van der Waals surface area contributed by atoms with Gasteiger partial charge < -0.3 is 10.1 Å². The Morgan fingerprint density at radius 1 is 1.15 bits per heavy atom. The highest BCUT2D eigenvalue weighted by Crippen LogP contribution is 2.30. The van der Waals surface area contributed by atoms with Crippen LogP contribution in [-0.4, -0.2) is 26.2 Å². The Morgan fingerprint density at radius 3 is 2.45 bits per heavy atom. The molecule has 0 aliphatic rings. The van der Waals surface area contributed by atoms with Crippen LogP contribution < -0.4 is 5.32 Å². The molecular weight excluding hydrogens is 288 g/mol. The first-order valence-corrected chi connectivity index (χ1v) is 5.72. The molecule has 0 aliphatic heterocycles. The Labute approximate surface area is 111 Å². The Balaban J connectivity index is 2.42. The van der Waals surface area contributed by atoms with E-state index in [2.05, 4.69) is 10.1 Å². The predicted octanol–water partition coefficient (Wildman–Crippen LogP) is 3.22. The molecule has 0 amide bonds. The molecule has 8 heteroatoms. The Bertz CT molecular complexity index is 421. The molecule has 0 aliphatic carbocycles. The third kappa shape index (κ3) is 6.25. The fourth-order valence-corrected chi connectivity index (χ4v) is 1.47. The van der Waals surface area contributed by atoms with Crippen molar-refractivity contribution < 1.29 is 31.1 Å². The van der Waals surface area contributed by atoms with Gasteiger partial charge in [0.25, 0.3) is 6.43 Å². The number of nitrogens with one attached hydrogen (secondary N) is 1. The largest absolute Gasteiger partial charge is 0.416 e. The molecule has 0 radical (unpaired) electrons. The van der Waals surface area contributed by atoms with Crippen LogP contribution in [0.25, 0.3) is 0 Å². The van der Waals surface area contributed by atoms with Crippen LogP contribution in [0.3, 0.4) is 0 Å². The molecule has 114 valence electrons. The van der Waals surface area contributed by atoms with Gasteiger partial charge in [0.2, 0.25) is 0 Å². The van der Waals surface area contributed by atoms with Crippen LogP contribution in [0, 0.1) is 5.82 Å². The molecule has 0 unspecified atom stereocenters. The van der Waals surface area contributed by atoms with Gasteiger partial charge in [0.05, 0.1) is 12.2 Å². The van der Waals surface area contributed by atoms with Gasteiger partial charge in [0, 0.05) is 13.1 Å². The fourth-order valence-electron chi connectivity index (χ4n) is 1.47. The lowest BCUT2D eigenvalue weighted by Crippen LogP contribution is -2.21. The lowest BCUT2D eigenvalue weighted by atomic mass is 10.1. The molecule has 0 aromatic heterocycles. The van der Waals surface area contributed by atoms with E-state index in [0.29, 0.717) is 6.07 Å². The highest BCUT2D eigenvalue weighted by atomic mass is 19.4. The van der Waals surface area contributed by atoms with Gasteiger partial charge in [0.15, 0.2) is 0 Å². The average molecular weight is 301 g/mol. The lowest BCUT2D eigenvalue weighted by molar-refractivity contribution is -0.137. The fraction of sp³-hybridized carbons (Fsp3) is 0.500. The highest BCUT2D eigenvalue weighted by molar-refractivity contribution is 5.26. The second kappa shape index (κ2) is 7.49. The maximum atomic E-state index is 13.0. The molecule has 1 aromatic rings. The summed E-state index contributed by atoms with van der Waals surface area (Å²) < 4.78 is 78.3. The Hall–Kier alpha value is -1.28. The molecule has 0 saturated carbocycles. The minimum atomic E-state index is -4.61. The smallest absolute Gasteiger partial charge is 0.374 e. The average Bonchev–Trinajstić information content (AvgIpc) is 2.31. The van der Waals surface area contributed by atoms with Crippen LogP contribution in [0.15, 0.2) is 18.2 Å². The second-order valence-corrected chi connectivity index (χ2v) is 3.99. The number of hydrogen-bond acceptors (Lipinski definition) is 2. The summed E-state index contributed by atoms with van der Waals surface area (Å²) in [6, 6.07) is 2.22. The molecule has 0 heterocycles. The number of hydrogen-bond donors (Lipinski definition) is 1. The van der Waals surface area contributed by atoms with Crippen molar-refractivity contribution in [2.45, 2.75) is 19.1 Å². The maximum absolute atomic E-state index is 13.0. The first kappa shape index (κ1) is 16.8. The van der Waals surface area contributed by atoms with Crippen molar-refractivity contribution in [2.75, 3.05) is 19.8 Å². The summed E-state index contributed by atoms with van der Waals surface area (Å²) in [6.45, 7) is -0.547. The minimum Gasteiger partial charge on any atom is -0.374 e. The van der Waals surface area contributed by atoms with Crippen molar-refractivity contribution in [1.29, 1.82) is 0 Å². The molecule has 0 bridgehead atoms. The summed E-state index contributed by atoms with van der Waals surface area (Å²) in [5.74, 6) is -0.981. The van der Waals surface area contributed by atoms with E-state index in [1.54, 1.807) is 0 Å².